The van der Waals surface area contributed by atoms with Gasteiger partial charge in [0, 0.05) is 18.4 Å². The molecule has 0 radical (unpaired) electrons. The van der Waals surface area contributed by atoms with E-state index < -0.39 is 0 Å². The molecule has 3 aromatic heterocycles. The molecule has 0 aliphatic heterocycles. The van der Waals surface area contributed by atoms with Gasteiger partial charge in [0.05, 0.1) is 21.6 Å². The second-order valence-corrected chi connectivity index (χ2v) is 7.99. The fraction of sp³-hybridized carbons (Fsp3) is 0.316. The Kier molecular flexibility index (Phi) is 4.81. The molecule has 0 bridgehead atoms. The van der Waals surface area contributed by atoms with Crippen LogP contribution in [0, 0.1) is 0 Å². The summed E-state index contributed by atoms with van der Waals surface area (Å²) >= 11 is 12.1. The van der Waals surface area contributed by atoms with Crippen LogP contribution >= 0.6 is 23.2 Å². The highest BCUT2D eigenvalue weighted by Crippen LogP contribution is 2.35. The largest absolute Gasteiger partial charge is 0.367 e. The Morgan fingerprint density at radius 3 is 3.00 bits per heavy atom. The van der Waals surface area contributed by atoms with E-state index in [1.807, 2.05) is 12.1 Å². The van der Waals surface area contributed by atoms with Crippen LogP contribution in [-0.2, 0) is 6.42 Å². The van der Waals surface area contributed by atoms with Gasteiger partial charge < -0.3 is 9.84 Å². The Morgan fingerprint density at radius 1 is 1.17 bits per heavy atom. The smallest absolute Gasteiger partial charge is 0.229 e. The Balaban J connectivity index is 1.25. The van der Waals surface area contributed by atoms with Gasteiger partial charge in [-0.15, -0.1) is 0 Å². The Bertz CT molecular complexity index is 1160. The zero-order valence-corrected chi connectivity index (χ0v) is 16.8. The second-order valence-electron chi connectivity index (χ2n) is 7.18. The molecule has 1 fully saturated rings. The second kappa shape index (κ2) is 7.61. The highest BCUT2D eigenvalue weighted by Gasteiger charge is 2.30. The van der Waals surface area contributed by atoms with Crippen LogP contribution in [0.25, 0.3) is 11.0 Å². The highest BCUT2D eigenvalue weighted by atomic mass is 35.5. The summed E-state index contributed by atoms with van der Waals surface area (Å²) in [6, 6.07) is 5.79. The number of aromatic nitrogens is 6. The van der Waals surface area contributed by atoms with Gasteiger partial charge in [-0.1, -0.05) is 34.4 Å². The van der Waals surface area contributed by atoms with E-state index in [1.165, 1.54) is 6.33 Å². The normalized spacial score (nSPS) is 19.1. The van der Waals surface area contributed by atoms with Crippen LogP contribution in [0.5, 0.6) is 0 Å². The number of nitrogens with one attached hydrogen (secondary N) is 2. The molecule has 0 spiro atoms. The molecule has 0 unspecified atom stereocenters. The first kappa shape index (κ1) is 18.3. The van der Waals surface area contributed by atoms with Crippen molar-refractivity contribution in [3.8, 4) is 0 Å². The first-order valence-corrected chi connectivity index (χ1v) is 10.1. The van der Waals surface area contributed by atoms with Gasteiger partial charge in [0.2, 0.25) is 5.89 Å². The number of benzene rings is 1. The van der Waals surface area contributed by atoms with Crippen molar-refractivity contribution in [1.82, 2.24) is 30.3 Å². The van der Waals surface area contributed by atoms with Crippen molar-refractivity contribution in [2.24, 2.45) is 0 Å². The molecule has 4 aromatic rings. The molecule has 8 nitrogen and oxygen atoms in total. The predicted octanol–water partition coefficient (Wildman–Crippen LogP) is 4.38. The van der Waals surface area contributed by atoms with Crippen LogP contribution in [0.15, 0.2) is 35.2 Å². The number of rotatable bonds is 5. The summed E-state index contributed by atoms with van der Waals surface area (Å²) in [4.78, 5) is 13.1. The molecule has 1 saturated carbocycles. The highest BCUT2D eigenvalue weighted by molar-refractivity contribution is 6.42. The molecule has 2 atom stereocenters. The summed E-state index contributed by atoms with van der Waals surface area (Å²) in [5.74, 6) is 2.34. The third kappa shape index (κ3) is 3.77. The lowest BCUT2D eigenvalue weighted by molar-refractivity contribution is 0.350. The van der Waals surface area contributed by atoms with Crippen LogP contribution in [0.4, 0.5) is 5.82 Å². The zero-order chi connectivity index (χ0) is 19.8. The third-order valence-electron chi connectivity index (χ3n) is 5.20. The minimum absolute atomic E-state index is 0.226. The average Bonchev–Trinajstić information content (AvgIpc) is 3.45. The zero-order valence-electron chi connectivity index (χ0n) is 15.3. The molecule has 1 aliphatic rings. The number of H-pyrrole nitrogens is 1. The average molecular weight is 430 g/mol. The molecule has 2 N–H and O–H groups in total. The minimum atomic E-state index is 0.226. The van der Waals surface area contributed by atoms with Crippen LogP contribution in [0.1, 0.15) is 42.5 Å². The molecule has 29 heavy (non-hydrogen) atoms. The molecular weight excluding hydrogens is 413 g/mol. The molecule has 0 saturated heterocycles. The van der Waals surface area contributed by atoms with Gasteiger partial charge in [-0.25, -0.2) is 9.97 Å². The first-order chi connectivity index (χ1) is 14.2. The summed E-state index contributed by atoms with van der Waals surface area (Å²) in [5, 5.41) is 16.5. The molecule has 1 aromatic carbocycles. The minimum Gasteiger partial charge on any atom is -0.367 e. The van der Waals surface area contributed by atoms with Crippen LogP contribution in [0.3, 0.4) is 0 Å². The lowest BCUT2D eigenvalue weighted by Crippen LogP contribution is -2.16. The maximum Gasteiger partial charge on any atom is 0.229 e. The molecule has 1 aliphatic carbocycles. The summed E-state index contributed by atoms with van der Waals surface area (Å²) < 4.78 is 5.54. The molecule has 0 amide bonds. The van der Waals surface area contributed by atoms with Crippen LogP contribution in [0.2, 0.25) is 10.0 Å². The molecular formula is C19H17Cl2N7O. The predicted molar refractivity (Wildman–Crippen MR) is 109 cm³/mol. The van der Waals surface area contributed by atoms with Crippen molar-refractivity contribution in [3.05, 3.63) is 58.0 Å². The number of hydrogen-bond donors (Lipinski definition) is 2. The van der Waals surface area contributed by atoms with Crippen molar-refractivity contribution >= 4 is 40.1 Å². The van der Waals surface area contributed by atoms with E-state index in [0.717, 1.165) is 41.7 Å². The van der Waals surface area contributed by atoms with E-state index in [0.29, 0.717) is 28.2 Å². The topological polar surface area (TPSA) is 105 Å². The van der Waals surface area contributed by atoms with Gasteiger partial charge in [-0.05, 0) is 37.0 Å². The van der Waals surface area contributed by atoms with E-state index >= 15 is 0 Å². The molecule has 5 rings (SSSR count). The number of anilines is 1. The van der Waals surface area contributed by atoms with Gasteiger partial charge in [-0.3, -0.25) is 5.10 Å². The van der Waals surface area contributed by atoms with Gasteiger partial charge >= 0.3 is 0 Å². The summed E-state index contributed by atoms with van der Waals surface area (Å²) in [5.41, 5.74) is 1.71. The summed E-state index contributed by atoms with van der Waals surface area (Å²) in [7, 11) is 0. The standard InChI is InChI=1S/C19H17Cl2N7O/c20-14-4-1-10(5-15(14)21)6-16-26-19(29-28-16)11-2-3-12(7-11)25-17-13-8-24-27-18(13)23-9-22-17/h1,4-5,8-9,11-12H,2-3,6-7H2,(H2,22,23,24,25,27)/t11-,12-/m0/s1. The van der Waals surface area contributed by atoms with E-state index in [1.54, 1.807) is 12.3 Å². The van der Waals surface area contributed by atoms with Crippen molar-refractivity contribution in [3.63, 3.8) is 0 Å². The van der Waals surface area contributed by atoms with E-state index in [9.17, 15) is 0 Å². The number of nitrogens with zero attached hydrogens (tertiary/aromatic N) is 5. The van der Waals surface area contributed by atoms with E-state index in [4.69, 9.17) is 27.7 Å². The number of fused-ring (bicyclic) bond motifs is 1. The Morgan fingerprint density at radius 2 is 2.10 bits per heavy atom. The molecule has 3 heterocycles. The van der Waals surface area contributed by atoms with Crippen molar-refractivity contribution in [2.45, 2.75) is 37.6 Å². The lowest BCUT2D eigenvalue weighted by Gasteiger charge is -2.13. The van der Waals surface area contributed by atoms with Gasteiger partial charge in [0.15, 0.2) is 11.5 Å². The van der Waals surface area contributed by atoms with Crippen molar-refractivity contribution in [2.75, 3.05) is 5.32 Å². The number of halogens is 2. The Labute approximate surface area is 176 Å². The number of aromatic amines is 1. The first-order valence-electron chi connectivity index (χ1n) is 9.33. The monoisotopic (exact) mass is 429 g/mol. The Hall–Kier alpha value is -2.71. The quantitative estimate of drug-likeness (QED) is 0.484. The van der Waals surface area contributed by atoms with Crippen molar-refractivity contribution < 1.29 is 4.52 Å². The maximum atomic E-state index is 6.08. The fourth-order valence-electron chi connectivity index (χ4n) is 3.75. The van der Waals surface area contributed by atoms with Crippen molar-refractivity contribution in [1.29, 1.82) is 0 Å². The van der Waals surface area contributed by atoms with Gasteiger partial charge in [0.1, 0.15) is 12.1 Å². The van der Waals surface area contributed by atoms with Crippen LogP contribution in [-0.4, -0.2) is 36.3 Å². The number of hydrogen-bond acceptors (Lipinski definition) is 7. The fourth-order valence-corrected chi connectivity index (χ4v) is 4.07. The van der Waals surface area contributed by atoms with E-state index in [-0.39, 0.29) is 12.0 Å². The third-order valence-corrected chi connectivity index (χ3v) is 5.94. The molecule has 10 heteroatoms. The maximum absolute atomic E-state index is 6.08. The van der Waals surface area contributed by atoms with E-state index in [2.05, 4.69) is 35.6 Å². The summed E-state index contributed by atoms with van der Waals surface area (Å²) in [6.45, 7) is 0. The lowest BCUT2D eigenvalue weighted by atomic mass is 10.1. The van der Waals surface area contributed by atoms with Gasteiger partial charge in [0.25, 0.3) is 0 Å². The van der Waals surface area contributed by atoms with Gasteiger partial charge in [-0.2, -0.15) is 10.1 Å². The SMILES string of the molecule is Clc1ccc(Cc2noc([C@H]3CC[C@H](Nc4ncnc5[nH]ncc45)C3)n2)cc1Cl. The summed E-state index contributed by atoms with van der Waals surface area (Å²) in [6.07, 6.45) is 6.69. The molecule has 148 valence electrons. The van der Waals surface area contributed by atoms with Crippen LogP contribution < -0.4 is 5.32 Å².